The van der Waals surface area contributed by atoms with Crippen LogP contribution in [-0.4, -0.2) is 19.0 Å². The molecule has 1 aliphatic carbocycles. The van der Waals surface area contributed by atoms with Gasteiger partial charge in [0.1, 0.15) is 5.82 Å². The van der Waals surface area contributed by atoms with Crippen molar-refractivity contribution in [1.82, 2.24) is 10.6 Å². The molecule has 0 radical (unpaired) electrons. The molecule has 22 heavy (non-hydrogen) atoms. The molecule has 1 aromatic rings. The number of benzene rings is 1. The van der Waals surface area contributed by atoms with E-state index in [2.05, 4.69) is 10.6 Å². The van der Waals surface area contributed by atoms with Crippen molar-refractivity contribution >= 4 is 29.9 Å². The third kappa shape index (κ3) is 3.39. The molecule has 1 aliphatic heterocycles. The van der Waals surface area contributed by atoms with Gasteiger partial charge in [0.2, 0.25) is 5.91 Å². The highest BCUT2D eigenvalue weighted by Crippen LogP contribution is 2.58. The molecule has 1 saturated heterocycles. The summed E-state index contributed by atoms with van der Waals surface area (Å²) in [5, 5.41) is 6.71. The largest absolute Gasteiger partial charge is 0.349 e. The summed E-state index contributed by atoms with van der Waals surface area (Å²) in [7, 11) is 0. The lowest BCUT2D eigenvalue weighted by molar-refractivity contribution is -0.123. The van der Waals surface area contributed by atoms with Crippen molar-refractivity contribution in [3.05, 3.63) is 34.6 Å². The predicted octanol–water partition coefficient (Wildman–Crippen LogP) is 3.47. The van der Waals surface area contributed by atoms with E-state index in [9.17, 15) is 9.18 Å². The van der Waals surface area contributed by atoms with Gasteiger partial charge in [-0.2, -0.15) is 0 Å². The number of nitrogens with one attached hydrogen (secondary N) is 2. The fraction of sp³-hybridized carbons (Fsp3) is 0.562. The number of piperidine rings is 1. The van der Waals surface area contributed by atoms with E-state index >= 15 is 0 Å². The van der Waals surface area contributed by atoms with E-state index in [1.807, 2.05) is 6.92 Å². The number of halogens is 3. The van der Waals surface area contributed by atoms with Gasteiger partial charge < -0.3 is 10.6 Å². The van der Waals surface area contributed by atoms with Gasteiger partial charge in [0, 0.05) is 10.9 Å². The van der Waals surface area contributed by atoms with Gasteiger partial charge >= 0.3 is 0 Å². The second kappa shape index (κ2) is 6.73. The summed E-state index contributed by atoms with van der Waals surface area (Å²) in [5.41, 5.74) is 0.980. The molecule has 0 aromatic heterocycles. The van der Waals surface area contributed by atoms with Gasteiger partial charge in [0.05, 0.1) is 6.04 Å². The molecule has 3 rings (SSSR count). The molecule has 1 aromatic carbocycles. The van der Waals surface area contributed by atoms with E-state index in [-0.39, 0.29) is 41.5 Å². The number of carbonyl (C=O) groups is 1. The Labute approximate surface area is 141 Å². The van der Waals surface area contributed by atoms with E-state index in [4.69, 9.17) is 11.6 Å². The van der Waals surface area contributed by atoms with Gasteiger partial charge in [0.15, 0.2) is 0 Å². The summed E-state index contributed by atoms with van der Waals surface area (Å²) in [6.07, 6.45) is 3.15. The first-order valence-corrected chi connectivity index (χ1v) is 7.86. The maximum absolute atomic E-state index is 13.1. The van der Waals surface area contributed by atoms with E-state index in [0.29, 0.717) is 5.02 Å². The first kappa shape index (κ1) is 17.5. The molecule has 2 fully saturated rings. The summed E-state index contributed by atoms with van der Waals surface area (Å²) in [6, 6.07) is 4.08. The number of hydrogen-bond acceptors (Lipinski definition) is 2. The highest BCUT2D eigenvalue weighted by molar-refractivity contribution is 6.31. The van der Waals surface area contributed by atoms with Gasteiger partial charge in [-0.1, -0.05) is 17.7 Å². The summed E-state index contributed by atoms with van der Waals surface area (Å²) in [4.78, 5) is 12.4. The van der Waals surface area contributed by atoms with Gasteiger partial charge in [-0.05, 0) is 62.4 Å². The Hall–Kier alpha value is -0.840. The highest BCUT2D eigenvalue weighted by atomic mass is 35.5. The molecule has 2 aliphatic rings. The van der Waals surface area contributed by atoms with Gasteiger partial charge in [-0.15, -0.1) is 12.4 Å². The molecule has 1 heterocycles. The normalized spacial score (nSPS) is 23.5. The zero-order valence-electron chi connectivity index (χ0n) is 12.5. The van der Waals surface area contributed by atoms with Crippen molar-refractivity contribution < 1.29 is 9.18 Å². The topological polar surface area (TPSA) is 41.1 Å². The molecular weight excluding hydrogens is 326 g/mol. The Morgan fingerprint density at radius 3 is 2.77 bits per heavy atom. The molecule has 3 nitrogen and oxygen atoms in total. The monoisotopic (exact) mass is 346 g/mol. The minimum Gasteiger partial charge on any atom is -0.349 e. The van der Waals surface area contributed by atoms with Gasteiger partial charge in [-0.25, -0.2) is 4.39 Å². The first-order valence-electron chi connectivity index (χ1n) is 7.48. The zero-order chi connectivity index (χ0) is 15.0. The molecule has 1 spiro atoms. The maximum atomic E-state index is 13.1. The molecular formula is C16H21Cl2FN2O. The molecule has 2 atom stereocenters. The molecule has 1 saturated carbocycles. The van der Waals surface area contributed by atoms with Crippen LogP contribution >= 0.6 is 24.0 Å². The number of hydrogen-bond donors (Lipinski definition) is 2. The average molecular weight is 347 g/mol. The van der Waals surface area contributed by atoms with Crippen LogP contribution in [0.4, 0.5) is 4.39 Å². The fourth-order valence-electron chi connectivity index (χ4n) is 3.44. The van der Waals surface area contributed by atoms with Crippen LogP contribution in [0.5, 0.6) is 0 Å². The molecule has 122 valence electrons. The lowest BCUT2D eigenvalue weighted by Crippen LogP contribution is -2.34. The van der Waals surface area contributed by atoms with Gasteiger partial charge in [0.25, 0.3) is 0 Å². The minimum atomic E-state index is -0.363. The summed E-state index contributed by atoms with van der Waals surface area (Å²) >= 11 is 6.05. The van der Waals surface area contributed by atoms with Crippen molar-refractivity contribution in [1.29, 1.82) is 0 Å². The number of carbonyl (C=O) groups excluding carboxylic acids is 1. The van der Waals surface area contributed by atoms with Crippen LogP contribution in [0.3, 0.4) is 0 Å². The Balaban J connectivity index is 0.00000176. The third-order valence-corrected chi connectivity index (χ3v) is 5.22. The number of amides is 1. The lowest BCUT2D eigenvalue weighted by atomic mass is 9.91. The van der Waals surface area contributed by atoms with Crippen molar-refractivity contribution in [2.24, 2.45) is 11.3 Å². The smallest absolute Gasteiger partial charge is 0.224 e. The third-order valence-electron chi connectivity index (χ3n) is 4.89. The fourth-order valence-corrected chi connectivity index (χ4v) is 3.77. The summed E-state index contributed by atoms with van der Waals surface area (Å²) < 4.78 is 13.1. The molecule has 0 bridgehead atoms. The minimum absolute atomic E-state index is 0. The lowest BCUT2D eigenvalue weighted by Gasteiger charge is -2.24. The van der Waals surface area contributed by atoms with Crippen molar-refractivity contribution in [3.63, 3.8) is 0 Å². The average Bonchev–Trinajstić information content (AvgIpc) is 3.13. The van der Waals surface area contributed by atoms with Crippen LogP contribution in [0.25, 0.3) is 0 Å². The van der Waals surface area contributed by atoms with E-state index in [1.165, 1.54) is 12.1 Å². The first-order chi connectivity index (χ1) is 10.0. The molecule has 6 heteroatoms. The number of rotatable bonds is 3. The van der Waals surface area contributed by atoms with Crippen LogP contribution in [0, 0.1) is 17.2 Å². The van der Waals surface area contributed by atoms with E-state index < -0.39 is 0 Å². The van der Waals surface area contributed by atoms with E-state index in [1.54, 1.807) is 6.07 Å². The predicted molar refractivity (Wildman–Crippen MR) is 87.9 cm³/mol. The summed E-state index contributed by atoms with van der Waals surface area (Å²) in [5.74, 6) is -0.135. The Kier molecular flexibility index (Phi) is 5.36. The Morgan fingerprint density at radius 1 is 1.45 bits per heavy atom. The van der Waals surface area contributed by atoms with Crippen LogP contribution in [0.15, 0.2) is 18.2 Å². The standard InChI is InChI=1S/C16H20ClFN2O.ClH/c1-10(12-3-2-11(18)8-14(12)17)20-15(21)13-9-16(13)4-6-19-7-5-16;/h2-3,8,10,13,19H,4-7,9H2,1H3,(H,20,21);1H. The molecule has 2 unspecified atom stereocenters. The van der Waals surface area contributed by atoms with Crippen LogP contribution in [-0.2, 0) is 4.79 Å². The quantitative estimate of drug-likeness (QED) is 0.879. The molecule has 2 N–H and O–H groups in total. The maximum Gasteiger partial charge on any atom is 0.224 e. The highest BCUT2D eigenvalue weighted by Gasteiger charge is 2.57. The van der Waals surface area contributed by atoms with E-state index in [0.717, 1.165) is 37.9 Å². The van der Waals surface area contributed by atoms with Crippen molar-refractivity contribution in [2.75, 3.05) is 13.1 Å². The van der Waals surface area contributed by atoms with Crippen molar-refractivity contribution in [2.45, 2.75) is 32.2 Å². The Morgan fingerprint density at radius 2 is 2.14 bits per heavy atom. The second-order valence-electron chi connectivity index (χ2n) is 6.27. The SMILES string of the molecule is CC(NC(=O)C1CC12CCNCC2)c1ccc(F)cc1Cl.Cl. The van der Waals surface area contributed by atoms with Crippen LogP contribution in [0.1, 0.15) is 37.8 Å². The van der Waals surface area contributed by atoms with Crippen LogP contribution in [0.2, 0.25) is 5.02 Å². The van der Waals surface area contributed by atoms with Crippen molar-refractivity contribution in [3.8, 4) is 0 Å². The van der Waals surface area contributed by atoms with Crippen LogP contribution < -0.4 is 10.6 Å². The molecule has 1 amide bonds. The second-order valence-corrected chi connectivity index (χ2v) is 6.67. The zero-order valence-corrected chi connectivity index (χ0v) is 14.1. The van der Waals surface area contributed by atoms with Gasteiger partial charge in [-0.3, -0.25) is 4.79 Å². The summed E-state index contributed by atoms with van der Waals surface area (Å²) in [6.45, 7) is 3.89. The Bertz CT molecular complexity index is 561.